The van der Waals surface area contributed by atoms with Gasteiger partial charge in [0.05, 0.1) is 19.3 Å². The second-order valence-electron chi connectivity index (χ2n) is 7.55. The average molecular weight is 370 g/mol. The molecule has 0 unspecified atom stereocenters. The van der Waals surface area contributed by atoms with Gasteiger partial charge in [-0.25, -0.2) is 14.8 Å². The number of anilines is 2. The fraction of sp³-hybridized carbons (Fsp3) is 0.450. The van der Waals surface area contributed by atoms with Crippen LogP contribution in [0, 0.1) is 6.92 Å². The van der Waals surface area contributed by atoms with Crippen LogP contribution in [0.2, 0.25) is 0 Å². The van der Waals surface area contributed by atoms with Crippen molar-refractivity contribution in [2.75, 3.05) is 19.0 Å². The van der Waals surface area contributed by atoms with Crippen LogP contribution in [0.4, 0.5) is 16.3 Å². The van der Waals surface area contributed by atoms with E-state index in [-0.39, 0.29) is 6.09 Å². The van der Waals surface area contributed by atoms with Gasteiger partial charge in [-0.1, -0.05) is 0 Å². The Bertz CT molecular complexity index is 828. The summed E-state index contributed by atoms with van der Waals surface area (Å²) >= 11 is 0. The van der Waals surface area contributed by atoms with Gasteiger partial charge in [0.2, 0.25) is 0 Å². The normalized spacial score (nSPS) is 13.7. The van der Waals surface area contributed by atoms with Gasteiger partial charge in [-0.2, -0.15) is 0 Å². The van der Waals surface area contributed by atoms with Crippen molar-refractivity contribution in [3.63, 3.8) is 0 Å². The molecule has 1 amide bonds. The molecule has 0 saturated carbocycles. The van der Waals surface area contributed by atoms with Crippen LogP contribution in [-0.2, 0) is 17.7 Å². The highest BCUT2D eigenvalue weighted by Gasteiger charge is 2.28. The van der Waals surface area contributed by atoms with Crippen LogP contribution in [0.1, 0.15) is 37.9 Å². The molecule has 2 aromatic rings. The molecule has 0 fully saturated rings. The fourth-order valence-corrected chi connectivity index (χ4v) is 2.93. The van der Waals surface area contributed by atoms with Gasteiger partial charge in [0.25, 0.3) is 0 Å². The van der Waals surface area contributed by atoms with Gasteiger partial charge in [0.1, 0.15) is 23.0 Å². The zero-order chi connectivity index (χ0) is 19.6. The Balaban J connectivity index is 1.84. The van der Waals surface area contributed by atoms with E-state index in [1.165, 1.54) is 0 Å². The highest BCUT2D eigenvalue weighted by Crippen LogP contribution is 2.28. The first-order valence-corrected chi connectivity index (χ1v) is 9.00. The quantitative estimate of drug-likeness (QED) is 0.885. The van der Waals surface area contributed by atoms with Crippen LogP contribution in [0.5, 0.6) is 5.75 Å². The summed E-state index contributed by atoms with van der Waals surface area (Å²) in [5, 5.41) is 3.35. The molecule has 7 nitrogen and oxygen atoms in total. The molecule has 1 aromatic heterocycles. The molecular formula is C20H26N4O3. The van der Waals surface area contributed by atoms with Gasteiger partial charge in [-0.05, 0) is 52.0 Å². The topological polar surface area (TPSA) is 76.6 Å². The maximum absolute atomic E-state index is 12.5. The number of nitrogens with one attached hydrogen (secondary N) is 1. The number of carbonyl (C=O) groups excluding carboxylic acids is 1. The van der Waals surface area contributed by atoms with Crippen molar-refractivity contribution < 1.29 is 14.3 Å². The number of fused-ring (bicyclic) bond motifs is 1. The van der Waals surface area contributed by atoms with Crippen LogP contribution in [0.15, 0.2) is 24.3 Å². The Kier molecular flexibility index (Phi) is 5.21. The summed E-state index contributed by atoms with van der Waals surface area (Å²) in [6, 6.07) is 7.62. The number of benzene rings is 1. The zero-order valence-electron chi connectivity index (χ0n) is 16.5. The number of amides is 1. The molecule has 1 N–H and O–H groups in total. The van der Waals surface area contributed by atoms with Crippen molar-refractivity contribution in [3.8, 4) is 5.75 Å². The lowest BCUT2D eigenvalue weighted by atomic mass is 10.1. The van der Waals surface area contributed by atoms with E-state index >= 15 is 0 Å². The Morgan fingerprint density at radius 2 is 1.89 bits per heavy atom. The molecule has 1 aliphatic rings. The molecule has 1 aliphatic heterocycles. The van der Waals surface area contributed by atoms with Crippen LogP contribution < -0.4 is 10.1 Å². The minimum Gasteiger partial charge on any atom is -0.497 e. The fourth-order valence-electron chi connectivity index (χ4n) is 2.93. The third kappa shape index (κ3) is 4.67. The minimum absolute atomic E-state index is 0.316. The Morgan fingerprint density at radius 3 is 2.52 bits per heavy atom. The number of hydrogen-bond acceptors (Lipinski definition) is 6. The first-order chi connectivity index (χ1) is 12.7. The third-order valence-corrected chi connectivity index (χ3v) is 4.18. The van der Waals surface area contributed by atoms with Crippen LogP contribution >= 0.6 is 0 Å². The molecule has 7 heteroatoms. The van der Waals surface area contributed by atoms with Gasteiger partial charge in [0, 0.05) is 24.2 Å². The molecule has 0 bridgehead atoms. The predicted octanol–water partition coefficient (Wildman–Crippen LogP) is 3.83. The SMILES string of the molecule is COc1ccc(Nc2nc(C)nc3c2CN(C(=O)OC(C)(C)C)CC3)cc1. The summed E-state index contributed by atoms with van der Waals surface area (Å²) in [4.78, 5) is 23.3. The van der Waals surface area contributed by atoms with Crippen LogP contribution in [-0.4, -0.2) is 40.2 Å². The third-order valence-electron chi connectivity index (χ3n) is 4.18. The van der Waals surface area contributed by atoms with Crippen molar-refractivity contribution in [1.82, 2.24) is 14.9 Å². The Hall–Kier alpha value is -2.83. The van der Waals surface area contributed by atoms with Gasteiger partial charge < -0.3 is 19.7 Å². The molecule has 3 rings (SSSR count). The Morgan fingerprint density at radius 1 is 1.19 bits per heavy atom. The number of aromatic nitrogens is 2. The minimum atomic E-state index is -0.523. The van der Waals surface area contributed by atoms with Crippen LogP contribution in [0.3, 0.4) is 0 Å². The number of rotatable bonds is 3. The number of methoxy groups -OCH3 is 1. The van der Waals surface area contributed by atoms with Gasteiger partial charge in [-0.3, -0.25) is 0 Å². The summed E-state index contributed by atoms with van der Waals surface area (Å²) in [5.41, 5.74) is 2.27. The molecule has 0 radical (unpaired) electrons. The van der Waals surface area contributed by atoms with E-state index in [2.05, 4.69) is 15.3 Å². The summed E-state index contributed by atoms with van der Waals surface area (Å²) in [7, 11) is 1.64. The molecule has 1 aromatic carbocycles. The van der Waals surface area contributed by atoms with Crippen LogP contribution in [0.25, 0.3) is 0 Å². The zero-order valence-corrected chi connectivity index (χ0v) is 16.5. The first-order valence-electron chi connectivity index (χ1n) is 9.00. The molecule has 0 saturated heterocycles. The molecule has 2 heterocycles. The second kappa shape index (κ2) is 7.42. The van der Waals surface area contributed by atoms with Gasteiger partial charge >= 0.3 is 6.09 Å². The van der Waals surface area contributed by atoms with Crippen molar-refractivity contribution in [2.45, 2.75) is 46.3 Å². The number of aryl methyl sites for hydroxylation is 1. The lowest BCUT2D eigenvalue weighted by Gasteiger charge is -2.31. The van der Waals surface area contributed by atoms with E-state index in [1.807, 2.05) is 52.0 Å². The second-order valence-corrected chi connectivity index (χ2v) is 7.55. The van der Waals surface area contributed by atoms with Gasteiger partial charge in [-0.15, -0.1) is 0 Å². The standard InChI is InChI=1S/C20H26N4O3/c1-13-21-17-10-11-24(19(25)27-20(2,3)4)12-16(17)18(22-13)23-14-6-8-15(26-5)9-7-14/h6-9H,10-12H2,1-5H3,(H,21,22,23). The number of nitrogens with zero attached hydrogens (tertiary/aromatic N) is 3. The number of hydrogen-bond donors (Lipinski definition) is 1. The summed E-state index contributed by atoms with van der Waals surface area (Å²) in [6.07, 6.45) is 0.360. The van der Waals surface area contributed by atoms with E-state index in [0.717, 1.165) is 28.5 Å². The molecule has 0 atom stereocenters. The molecule has 144 valence electrons. The first kappa shape index (κ1) is 18.9. The molecular weight excluding hydrogens is 344 g/mol. The predicted molar refractivity (Wildman–Crippen MR) is 103 cm³/mol. The van der Waals surface area contributed by atoms with E-state index in [1.54, 1.807) is 12.0 Å². The van der Waals surface area contributed by atoms with Crippen molar-refractivity contribution in [1.29, 1.82) is 0 Å². The summed E-state index contributed by atoms with van der Waals surface area (Å²) < 4.78 is 10.7. The maximum Gasteiger partial charge on any atom is 0.410 e. The Labute approximate surface area is 159 Å². The summed E-state index contributed by atoms with van der Waals surface area (Å²) in [5.74, 6) is 2.21. The highest BCUT2D eigenvalue weighted by molar-refractivity contribution is 5.70. The van der Waals surface area contributed by atoms with E-state index in [0.29, 0.717) is 25.3 Å². The maximum atomic E-state index is 12.5. The summed E-state index contributed by atoms with van der Waals surface area (Å²) in [6.45, 7) is 8.48. The highest BCUT2D eigenvalue weighted by atomic mass is 16.6. The van der Waals surface area contributed by atoms with Gasteiger partial charge in [0.15, 0.2) is 0 Å². The number of ether oxygens (including phenoxy) is 2. The smallest absolute Gasteiger partial charge is 0.410 e. The molecule has 27 heavy (non-hydrogen) atoms. The largest absolute Gasteiger partial charge is 0.497 e. The molecule has 0 aliphatic carbocycles. The van der Waals surface area contributed by atoms with E-state index in [4.69, 9.17) is 9.47 Å². The van der Waals surface area contributed by atoms with Crippen molar-refractivity contribution in [2.24, 2.45) is 0 Å². The average Bonchev–Trinajstić information content (AvgIpc) is 2.60. The monoisotopic (exact) mass is 370 g/mol. The lowest BCUT2D eigenvalue weighted by molar-refractivity contribution is 0.0223. The van der Waals surface area contributed by atoms with E-state index < -0.39 is 5.60 Å². The lowest BCUT2D eigenvalue weighted by Crippen LogP contribution is -2.40. The van der Waals surface area contributed by atoms with Crippen molar-refractivity contribution >= 4 is 17.6 Å². The van der Waals surface area contributed by atoms with E-state index in [9.17, 15) is 4.79 Å². The van der Waals surface area contributed by atoms with Crippen molar-refractivity contribution in [3.05, 3.63) is 41.3 Å². The molecule has 0 spiro atoms. The number of carbonyl (C=O) groups is 1.